The third-order valence-electron chi connectivity index (χ3n) is 3.78. The molecule has 0 amide bonds. The van der Waals surface area contributed by atoms with E-state index in [4.69, 9.17) is 4.74 Å². The molecule has 18 heavy (non-hydrogen) atoms. The highest BCUT2D eigenvalue weighted by Gasteiger charge is 2.32. The molecule has 1 aliphatic heterocycles. The van der Waals surface area contributed by atoms with Crippen LogP contribution in [0.4, 0.5) is 0 Å². The molecular formula is C15H24N2O. The number of likely N-dealkylation sites (tertiary alicyclic amines) is 1. The summed E-state index contributed by atoms with van der Waals surface area (Å²) in [6.45, 7) is 6.85. The highest BCUT2D eigenvalue weighted by molar-refractivity contribution is 5.28. The molecule has 0 aliphatic carbocycles. The summed E-state index contributed by atoms with van der Waals surface area (Å²) in [4.78, 5) is 2.53. The van der Waals surface area contributed by atoms with Crippen molar-refractivity contribution in [3.05, 3.63) is 29.8 Å². The zero-order valence-corrected chi connectivity index (χ0v) is 11.7. The summed E-state index contributed by atoms with van der Waals surface area (Å²) in [6.07, 6.45) is 1.28. The fourth-order valence-electron chi connectivity index (χ4n) is 2.86. The largest absolute Gasteiger partial charge is 0.497 e. The van der Waals surface area contributed by atoms with E-state index in [1.54, 1.807) is 7.11 Å². The molecule has 1 aliphatic rings. The molecule has 1 fully saturated rings. The van der Waals surface area contributed by atoms with Gasteiger partial charge in [0, 0.05) is 19.6 Å². The summed E-state index contributed by atoms with van der Waals surface area (Å²) < 4.78 is 5.27. The molecule has 2 rings (SSSR count). The van der Waals surface area contributed by atoms with Crippen molar-refractivity contribution < 1.29 is 4.74 Å². The quantitative estimate of drug-likeness (QED) is 0.864. The Morgan fingerprint density at radius 3 is 3.00 bits per heavy atom. The van der Waals surface area contributed by atoms with Gasteiger partial charge in [0.2, 0.25) is 0 Å². The molecule has 1 N–H and O–H groups in total. The zero-order valence-electron chi connectivity index (χ0n) is 11.7. The van der Waals surface area contributed by atoms with E-state index in [1.807, 2.05) is 13.1 Å². The summed E-state index contributed by atoms with van der Waals surface area (Å²) in [7, 11) is 3.76. The maximum absolute atomic E-state index is 5.27. The van der Waals surface area contributed by atoms with E-state index in [1.165, 1.54) is 25.1 Å². The minimum absolute atomic E-state index is 0.424. The van der Waals surface area contributed by atoms with Gasteiger partial charge in [-0.2, -0.15) is 0 Å². The van der Waals surface area contributed by atoms with Crippen molar-refractivity contribution in [2.24, 2.45) is 5.41 Å². The van der Waals surface area contributed by atoms with Crippen LogP contribution in [-0.4, -0.2) is 38.7 Å². The first-order valence-electron chi connectivity index (χ1n) is 6.65. The van der Waals surface area contributed by atoms with Crippen molar-refractivity contribution in [2.45, 2.75) is 19.9 Å². The molecule has 1 atom stereocenters. The molecule has 100 valence electrons. The van der Waals surface area contributed by atoms with E-state index in [0.717, 1.165) is 18.8 Å². The third-order valence-corrected chi connectivity index (χ3v) is 3.78. The molecule has 0 radical (unpaired) electrons. The van der Waals surface area contributed by atoms with Crippen molar-refractivity contribution in [3.8, 4) is 5.75 Å². The maximum Gasteiger partial charge on any atom is 0.119 e. The lowest BCUT2D eigenvalue weighted by atomic mass is 9.90. The van der Waals surface area contributed by atoms with E-state index in [0.29, 0.717) is 5.41 Å². The molecule has 3 heteroatoms. The lowest BCUT2D eigenvalue weighted by Gasteiger charge is -2.24. The van der Waals surface area contributed by atoms with E-state index in [9.17, 15) is 0 Å². The van der Waals surface area contributed by atoms with Crippen LogP contribution in [0.15, 0.2) is 24.3 Å². The van der Waals surface area contributed by atoms with Crippen LogP contribution in [0.5, 0.6) is 5.75 Å². The van der Waals surface area contributed by atoms with Crippen molar-refractivity contribution in [1.82, 2.24) is 10.2 Å². The van der Waals surface area contributed by atoms with E-state index in [-0.39, 0.29) is 0 Å². The van der Waals surface area contributed by atoms with Crippen LogP contribution >= 0.6 is 0 Å². The molecule has 3 nitrogen and oxygen atoms in total. The number of rotatable bonds is 5. The molecule has 1 aromatic rings. The fourth-order valence-corrected chi connectivity index (χ4v) is 2.86. The van der Waals surface area contributed by atoms with Crippen LogP contribution in [0.25, 0.3) is 0 Å². The summed E-state index contributed by atoms with van der Waals surface area (Å²) in [5.41, 5.74) is 1.76. The van der Waals surface area contributed by atoms with Gasteiger partial charge < -0.3 is 10.1 Å². The first-order valence-corrected chi connectivity index (χ1v) is 6.65. The molecule has 0 bridgehead atoms. The lowest BCUT2D eigenvalue weighted by Crippen LogP contribution is -2.32. The number of nitrogens with zero attached hydrogens (tertiary/aromatic N) is 1. The number of hydrogen-bond donors (Lipinski definition) is 1. The van der Waals surface area contributed by atoms with Gasteiger partial charge in [-0.1, -0.05) is 19.1 Å². The normalized spacial score (nSPS) is 24.4. The van der Waals surface area contributed by atoms with Crippen LogP contribution in [0.1, 0.15) is 18.9 Å². The van der Waals surface area contributed by atoms with Crippen LogP contribution in [0.2, 0.25) is 0 Å². The molecule has 1 saturated heterocycles. The monoisotopic (exact) mass is 248 g/mol. The summed E-state index contributed by atoms with van der Waals surface area (Å²) in [5, 5.41) is 3.31. The minimum atomic E-state index is 0.424. The Bertz CT molecular complexity index is 394. The Labute approximate surface area is 110 Å². The predicted molar refractivity (Wildman–Crippen MR) is 74.9 cm³/mol. The van der Waals surface area contributed by atoms with Gasteiger partial charge in [0.1, 0.15) is 5.75 Å². The minimum Gasteiger partial charge on any atom is -0.497 e. The Morgan fingerprint density at radius 2 is 2.28 bits per heavy atom. The molecule has 1 heterocycles. The van der Waals surface area contributed by atoms with Gasteiger partial charge in [-0.3, -0.25) is 4.90 Å². The summed E-state index contributed by atoms with van der Waals surface area (Å²) >= 11 is 0. The van der Waals surface area contributed by atoms with Crippen molar-refractivity contribution in [1.29, 1.82) is 0 Å². The topological polar surface area (TPSA) is 24.5 Å². The average Bonchev–Trinajstić information content (AvgIpc) is 2.71. The molecular weight excluding hydrogens is 224 g/mol. The van der Waals surface area contributed by atoms with Crippen LogP contribution in [0, 0.1) is 5.41 Å². The Kier molecular flexibility index (Phi) is 4.25. The fraction of sp³-hybridized carbons (Fsp3) is 0.600. The van der Waals surface area contributed by atoms with Crippen LogP contribution in [0.3, 0.4) is 0 Å². The SMILES string of the molecule is CNCC1(C)CCN(Cc2cccc(OC)c2)C1. The van der Waals surface area contributed by atoms with Crippen LogP contribution in [-0.2, 0) is 6.54 Å². The lowest BCUT2D eigenvalue weighted by molar-refractivity contribution is 0.265. The van der Waals surface area contributed by atoms with E-state index in [2.05, 4.69) is 35.3 Å². The highest BCUT2D eigenvalue weighted by Crippen LogP contribution is 2.30. The maximum atomic E-state index is 5.27. The van der Waals surface area contributed by atoms with Crippen molar-refractivity contribution >= 4 is 0 Å². The Morgan fingerprint density at radius 1 is 1.44 bits per heavy atom. The summed E-state index contributed by atoms with van der Waals surface area (Å²) in [5.74, 6) is 0.949. The number of methoxy groups -OCH3 is 1. The van der Waals surface area contributed by atoms with Gasteiger partial charge in [-0.15, -0.1) is 0 Å². The standard InChI is InChI=1S/C15H24N2O/c1-15(11-16-2)7-8-17(12-15)10-13-5-4-6-14(9-13)18-3/h4-6,9,16H,7-8,10-12H2,1-3H3. The smallest absolute Gasteiger partial charge is 0.119 e. The molecule has 1 unspecified atom stereocenters. The van der Waals surface area contributed by atoms with E-state index < -0.39 is 0 Å². The Balaban J connectivity index is 1.94. The second-order valence-corrected chi connectivity index (χ2v) is 5.65. The molecule has 0 saturated carbocycles. The van der Waals surface area contributed by atoms with Gasteiger partial charge in [-0.05, 0) is 43.1 Å². The van der Waals surface area contributed by atoms with Gasteiger partial charge >= 0.3 is 0 Å². The van der Waals surface area contributed by atoms with Gasteiger partial charge in [0.25, 0.3) is 0 Å². The molecule has 0 spiro atoms. The highest BCUT2D eigenvalue weighted by atomic mass is 16.5. The molecule has 0 aromatic heterocycles. The number of benzene rings is 1. The number of nitrogens with one attached hydrogen (secondary N) is 1. The second-order valence-electron chi connectivity index (χ2n) is 5.65. The van der Waals surface area contributed by atoms with Gasteiger partial charge in [0.15, 0.2) is 0 Å². The number of ether oxygens (including phenoxy) is 1. The third kappa shape index (κ3) is 3.24. The van der Waals surface area contributed by atoms with Gasteiger partial charge in [-0.25, -0.2) is 0 Å². The predicted octanol–water partition coefficient (Wildman–Crippen LogP) is 2.13. The number of hydrogen-bond acceptors (Lipinski definition) is 3. The first kappa shape index (κ1) is 13.4. The van der Waals surface area contributed by atoms with Crippen molar-refractivity contribution in [2.75, 3.05) is 33.8 Å². The molecule has 1 aromatic carbocycles. The Hall–Kier alpha value is -1.06. The van der Waals surface area contributed by atoms with Crippen LogP contribution < -0.4 is 10.1 Å². The second kappa shape index (κ2) is 5.72. The first-order chi connectivity index (χ1) is 8.65. The van der Waals surface area contributed by atoms with E-state index >= 15 is 0 Å². The van der Waals surface area contributed by atoms with Crippen molar-refractivity contribution in [3.63, 3.8) is 0 Å². The average molecular weight is 248 g/mol. The summed E-state index contributed by atoms with van der Waals surface area (Å²) in [6, 6.07) is 8.37. The van der Waals surface area contributed by atoms with Gasteiger partial charge in [0.05, 0.1) is 7.11 Å². The zero-order chi connectivity index (χ0) is 13.0.